The molecular weight excluding hydrogens is 874 g/mol. The molecule has 1 aliphatic heterocycles. The first-order chi connectivity index (χ1) is 29.5. The highest BCUT2D eigenvalue weighted by Gasteiger charge is 2.34. The Kier molecular flexibility index (Phi) is 18.8. The summed E-state index contributed by atoms with van der Waals surface area (Å²) in [7, 11) is 0. The second-order valence-electron chi connectivity index (χ2n) is 19.3. The number of aliphatic hydroxyl groups is 2. The first-order valence-electron chi connectivity index (χ1n) is 22.6. The molecule has 0 bridgehead atoms. The van der Waals surface area contributed by atoms with E-state index in [1.54, 1.807) is 6.07 Å². The van der Waals surface area contributed by atoms with Crippen LogP contribution in [0.1, 0.15) is 154 Å². The summed E-state index contributed by atoms with van der Waals surface area (Å²) in [5, 5.41) is 32.9. The van der Waals surface area contributed by atoms with E-state index in [0.29, 0.717) is 48.1 Å². The van der Waals surface area contributed by atoms with E-state index < -0.39 is 0 Å². The Morgan fingerprint density at radius 2 is 1.02 bits per heavy atom. The van der Waals surface area contributed by atoms with Gasteiger partial charge in [-0.3, -0.25) is 4.79 Å². The molecule has 5 rings (SSSR count). The molecule has 63 heavy (non-hydrogen) atoms. The first-order valence-corrected chi connectivity index (χ1v) is 24.1. The topological polar surface area (TPSA) is 96.2 Å². The number of aliphatic hydroxyl groups excluding tert-OH is 2. The Morgan fingerprint density at radius 1 is 0.619 bits per heavy atom. The van der Waals surface area contributed by atoms with Crippen LogP contribution in [0.15, 0.2) is 72.8 Å². The van der Waals surface area contributed by atoms with Crippen LogP contribution in [0.3, 0.4) is 0 Å². The van der Waals surface area contributed by atoms with Crippen molar-refractivity contribution in [1.29, 1.82) is 0 Å². The number of ether oxygens (including phenoxy) is 2. The number of rotatable bonds is 17. The van der Waals surface area contributed by atoms with Crippen molar-refractivity contribution < 1.29 is 29.6 Å². The normalized spacial score (nSPS) is 15.7. The maximum absolute atomic E-state index is 11.3. The van der Waals surface area contributed by atoms with Gasteiger partial charge in [0, 0.05) is 27.3 Å². The number of hydrogen-bond donors (Lipinski definition) is 3. The van der Waals surface area contributed by atoms with Gasteiger partial charge in [0.1, 0.15) is 24.2 Å². The van der Waals surface area contributed by atoms with E-state index in [1.165, 1.54) is 0 Å². The van der Waals surface area contributed by atoms with E-state index >= 15 is 0 Å². The average Bonchev–Trinajstić information content (AvgIpc) is 3.66. The van der Waals surface area contributed by atoms with Gasteiger partial charge in [0.25, 0.3) is 0 Å². The number of aryl methyl sites for hydroxylation is 2. The third-order valence-corrected chi connectivity index (χ3v) is 14.7. The number of esters is 1. The summed E-state index contributed by atoms with van der Waals surface area (Å²) in [6.45, 7) is 21.2. The third-order valence-electron chi connectivity index (χ3n) is 13.4. The van der Waals surface area contributed by atoms with Crippen LogP contribution >= 0.6 is 46.4 Å². The molecule has 1 heterocycles. The van der Waals surface area contributed by atoms with Crippen molar-refractivity contribution in [3.63, 3.8) is 0 Å². The molecule has 1 aliphatic rings. The maximum Gasteiger partial charge on any atom is 0.306 e. The van der Waals surface area contributed by atoms with Crippen LogP contribution in [0.5, 0.6) is 11.5 Å². The SMILES string of the molecule is CCC(CC)(c1ccc(CCC(O)C(C)(C)C)c(Cl)c1)c1ccc(OC[C@H]2CCC(=O)O2)c(Cl)c1.CCC(CC)(c1ccc(O)c(Cl)c1)c1ccc(CCC(O)C(C)(C)C)c(Cl)c1. The summed E-state index contributed by atoms with van der Waals surface area (Å²) in [5.74, 6) is 0.508. The fourth-order valence-electron chi connectivity index (χ4n) is 8.62. The quantitative estimate of drug-likeness (QED) is 0.0913. The predicted molar refractivity (Wildman–Crippen MR) is 262 cm³/mol. The minimum atomic E-state index is -0.382. The lowest BCUT2D eigenvalue weighted by Gasteiger charge is -2.34. The van der Waals surface area contributed by atoms with Crippen molar-refractivity contribution in [2.24, 2.45) is 10.8 Å². The highest BCUT2D eigenvalue weighted by Crippen LogP contribution is 2.44. The van der Waals surface area contributed by atoms with Gasteiger partial charge in [-0.25, -0.2) is 0 Å². The second-order valence-corrected chi connectivity index (χ2v) is 20.9. The van der Waals surface area contributed by atoms with E-state index in [0.717, 1.165) is 82.0 Å². The Balaban J connectivity index is 0.000000284. The zero-order chi connectivity index (χ0) is 46.9. The largest absolute Gasteiger partial charge is 0.506 e. The lowest BCUT2D eigenvalue weighted by atomic mass is 9.70. The summed E-state index contributed by atoms with van der Waals surface area (Å²) in [6.07, 6.45) is 6.54. The number of benzene rings is 4. The molecule has 3 N–H and O–H groups in total. The summed E-state index contributed by atoms with van der Waals surface area (Å²) in [5.41, 5.74) is 5.84. The van der Waals surface area contributed by atoms with Gasteiger partial charge in [-0.15, -0.1) is 0 Å². The maximum atomic E-state index is 11.3. The van der Waals surface area contributed by atoms with Crippen LogP contribution < -0.4 is 4.74 Å². The van der Waals surface area contributed by atoms with Gasteiger partial charge in [-0.2, -0.15) is 0 Å². The highest BCUT2D eigenvalue weighted by molar-refractivity contribution is 6.32. The molecule has 0 radical (unpaired) electrons. The molecule has 1 fully saturated rings. The molecule has 1 saturated heterocycles. The molecule has 346 valence electrons. The molecule has 0 aliphatic carbocycles. The van der Waals surface area contributed by atoms with Crippen molar-refractivity contribution in [3.05, 3.63) is 126 Å². The van der Waals surface area contributed by atoms with Crippen molar-refractivity contribution >= 4 is 52.4 Å². The number of phenolic OH excluding ortho intramolecular Hbond substituents is 1. The first kappa shape index (κ1) is 52.7. The van der Waals surface area contributed by atoms with Crippen molar-refractivity contribution in [2.75, 3.05) is 6.61 Å². The molecule has 4 aromatic carbocycles. The van der Waals surface area contributed by atoms with Crippen molar-refractivity contribution in [1.82, 2.24) is 0 Å². The fourth-order valence-corrected chi connectivity index (χ4v) is 9.58. The Morgan fingerprint density at radius 3 is 1.37 bits per heavy atom. The molecule has 0 saturated carbocycles. The van der Waals surface area contributed by atoms with Gasteiger partial charge in [0.15, 0.2) is 0 Å². The molecular formula is C53H70Cl4O6. The molecule has 10 heteroatoms. The number of carbonyl (C=O) groups is 1. The van der Waals surface area contributed by atoms with E-state index in [9.17, 15) is 20.1 Å². The van der Waals surface area contributed by atoms with E-state index in [2.05, 4.69) is 64.1 Å². The molecule has 0 aromatic heterocycles. The van der Waals surface area contributed by atoms with Gasteiger partial charge in [-0.1, -0.05) is 152 Å². The average molecular weight is 945 g/mol. The molecule has 0 spiro atoms. The second kappa shape index (κ2) is 22.5. The van der Waals surface area contributed by atoms with Crippen LogP contribution in [0.25, 0.3) is 0 Å². The van der Waals surface area contributed by atoms with Gasteiger partial charge in [-0.05, 0) is 138 Å². The molecule has 3 atom stereocenters. The van der Waals surface area contributed by atoms with E-state index in [4.69, 9.17) is 55.9 Å². The Hall–Kier alpha value is -2.97. The number of halogens is 4. The summed E-state index contributed by atoms with van der Waals surface area (Å²) in [4.78, 5) is 11.3. The smallest absolute Gasteiger partial charge is 0.306 e. The minimum Gasteiger partial charge on any atom is -0.506 e. The number of hydrogen-bond acceptors (Lipinski definition) is 6. The van der Waals surface area contributed by atoms with Crippen LogP contribution in [0, 0.1) is 10.8 Å². The Bertz CT molecular complexity index is 2130. The zero-order valence-corrected chi connectivity index (χ0v) is 42.0. The number of cyclic esters (lactones) is 1. The third kappa shape index (κ3) is 13.1. The predicted octanol–water partition coefficient (Wildman–Crippen LogP) is 14.7. The highest BCUT2D eigenvalue weighted by atomic mass is 35.5. The summed E-state index contributed by atoms with van der Waals surface area (Å²) in [6, 6.07) is 24.0. The monoisotopic (exact) mass is 942 g/mol. The molecule has 0 amide bonds. The molecule has 2 unspecified atom stereocenters. The number of aromatic hydroxyl groups is 1. The zero-order valence-electron chi connectivity index (χ0n) is 39.0. The van der Waals surface area contributed by atoms with Gasteiger partial charge in [0.2, 0.25) is 0 Å². The van der Waals surface area contributed by atoms with E-state index in [1.807, 2.05) is 71.9 Å². The summed E-state index contributed by atoms with van der Waals surface area (Å²) < 4.78 is 11.1. The minimum absolute atomic E-state index is 0.0947. The van der Waals surface area contributed by atoms with Crippen molar-refractivity contribution in [2.45, 2.75) is 163 Å². The molecule has 4 aromatic rings. The van der Waals surface area contributed by atoms with E-state index in [-0.39, 0.29) is 51.7 Å². The fraction of sp³-hybridized carbons (Fsp3) is 0.528. The number of carbonyl (C=O) groups excluding carboxylic acids is 1. The van der Waals surface area contributed by atoms with Crippen LogP contribution in [0.4, 0.5) is 0 Å². The van der Waals surface area contributed by atoms with Gasteiger partial charge in [0.05, 0.1) is 22.3 Å². The molecule has 6 nitrogen and oxygen atoms in total. The van der Waals surface area contributed by atoms with Crippen molar-refractivity contribution in [3.8, 4) is 11.5 Å². The lowest BCUT2D eigenvalue weighted by Crippen LogP contribution is -2.27. The van der Waals surface area contributed by atoms with Gasteiger partial charge >= 0.3 is 5.97 Å². The van der Waals surface area contributed by atoms with Gasteiger partial charge < -0.3 is 24.8 Å². The lowest BCUT2D eigenvalue weighted by molar-refractivity contribution is -0.142. The van der Waals surface area contributed by atoms with Crippen LogP contribution in [0.2, 0.25) is 20.1 Å². The number of phenols is 1. The van der Waals surface area contributed by atoms with Crippen LogP contribution in [-0.4, -0.2) is 46.2 Å². The Labute approximate surface area is 397 Å². The van der Waals surface area contributed by atoms with Crippen LogP contribution in [-0.2, 0) is 33.2 Å². The summed E-state index contributed by atoms with van der Waals surface area (Å²) >= 11 is 26.2. The standard InChI is InChI=1S/C29H38Cl2O4.C24H32Cl2O2/c1-6-29(7-2,20-10-8-19(23(30)16-20)9-14-26(32)28(3,4)5)21-11-13-25(24(31)17-21)34-18-22-12-15-27(33)35-22;1-6-24(7-2,18-11-12-21(27)20(26)15-18)17-10-8-16(19(25)14-17)9-13-22(28)23(3,4)5/h8,10-11,13,16-17,22,26,32H,6-7,9,12,14-15,18H2,1-5H3;8,10-12,14-15,22,27-28H,6-7,9,13H2,1-5H3/t22-,26?;/m1./s1.